The second-order valence-corrected chi connectivity index (χ2v) is 11.3. The highest BCUT2D eigenvalue weighted by Crippen LogP contribution is 2.29. The molecule has 0 aliphatic rings. The predicted octanol–water partition coefficient (Wildman–Crippen LogP) is 3.44. The van der Waals surface area contributed by atoms with E-state index < -0.39 is 51.5 Å². The van der Waals surface area contributed by atoms with E-state index in [2.05, 4.69) is 4.98 Å². The fourth-order valence-corrected chi connectivity index (χ4v) is 5.21. The summed E-state index contributed by atoms with van der Waals surface area (Å²) >= 11 is 0. The molecule has 2 amide bonds. The van der Waals surface area contributed by atoms with Crippen molar-refractivity contribution < 1.29 is 37.0 Å². The number of aromatic nitrogens is 1. The van der Waals surface area contributed by atoms with Crippen LogP contribution < -0.4 is 10.5 Å². The number of carbonyl (C=O) groups excluding carboxylic acids is 3. The summed E-state index contributed by atoms with van der Waals surface area (Å²) in [6.45, 7) is 4.47. The lowest BCUT2D eigenvalue weighted by Crippen LogP contribution is -2.42. The highest BCUT2D eigenvalue weighted by molar-refractivity contribution is 7.89. The van der Waals surface area contributed by atoms with Gasteiger partial charge in [0.15, 0.2) is 0 Å². The van der Waals surface area contributed by atoms with Crippen molar-refractivity contribution in [1.29, 1.82) is 0 Å². The minimum Gasteiger partial charge on any atom is -0.492 e. The Morgan fingerprint density at radius 2 is 1.79 bits per heavy atom. The van der Waals surface area contributed by atoms with E-state index in [0.717, 1.165) is 22.5 Å². The number of ether oxygens (including phenoxy) is 3. The largest absolute Gasteiger partial charge is 0.492 e. The molecule has 0 spiro atoms. The van der Waals surface area contributed by atoms with Gasteiger partial charge in [-0.2, -0.15) is 0 Å². The summed E-state index contributed by atoms with van der Waals surface area (Å²) in [7, 11) is -3.40. The van der Waals surface area contributed by atoms with Crippen molar-refractivity contribution in [2.24, 2.45) is 5.73 Å². The van der Waals surface area contributed by atoms with Gasteiger partial charge in [0.2, 0.25) is 0 Å². The van der Waals surface area contributed by atoms with E-state index in [0.29, 0.717) is 10.7 Å². The number of esters is 2. The van der Waals surface area contributed by atoms with Gasteiger partial charge in [0.05, 0.1) is 31.2 Å². The molecule has 39 heavy (non-hydrogen) atoms. The number of fused-ring (bicyclic) bond motifs is 1. The number of hydrogen-bond acceptors (Lipinski definition) is 9. The van der Waals surface area contributed by atoms with Gasteiger partial charge in [-0.1, -0.05) is 18.2 Å². The average molecular weight is 558 g/mol. The summed E-state index contributed by atoms with van der Waals surface area (Å²) in [4.78, 5) is 40.4. The van der Waals surface area contributed by atoms with Crippen molar-refractivity contribution in [3.8, 4) is 5.75 Å². The lowest BCUT2D eigenvalue weighted by molar-refractivity contribution is -0.154. The molecule has 0 unspecified atom stereocenters. The van der Waals surface area contributed by atoms with E-state index >= 15 is 0 Å². The standard InChI is InChI=1S/C27H31N3O8S/c1-27(2,3)38-24(31)12-15-30(26(28)33)39(34,35)23-11-10-19(25(32)36-4)17-22(23)37-16-13-18-7-5-9-21-20(18)8-6-14-29-21/h5-11,14,17H,12-13,15-16H2,1-4H3,(H2,28,33). The van der Waals surface area contributed by atoms with Crippen molar-refractivity contribution in [2.75, 3.05) is 20.3 Å². The van der Waals surface area contributed by atoms with Crippen LogP contribution in [-0.2, 0) is 30.7 Å². The molecule has 0 saturated heterocycles. The zero-order valence-corrected chi connectivity index (χ0v) is 23.0. The molecule has 208 valence electrons. The molecule has 0 radical (unpaired) electrons. The highest BCUT2D eigenvalue weighted by Gasteiger charge is 2.32. The maximum Gasteiger partial charge on any atom is 0.337 e. The van der Waals surface area contributed by atoms with Crippen LogP contribution in [0.3, 0.4) is 0 Å². The number of benzene rings is 2. The summed E-state index contributed by atoms with van der Waals surface area (Å²) < 4.78 is 43.2. The summed E-state index contributed by atoms with van der Waals surface area (Å²) in [5, 5.41) is 0.918. The van der Waals surface area contributed by atoms with Gasteiger partial charge in [-0.25, -0.2) is 22.3 Å². The van der Waals surface area contributed by atoms with E-state index in [4.69, 9.17) is 19.9 Å². The number of sulfonamides is 1. The monoisotopic (exact) mass is 557 g/mol. The molecular formula is C27H31N3O8S. The number of nitrogens with zero attached hydrogens (tertiary/aromatic N) is 2. The van der Waals surface area contributed by atoms with Crippen molar-refractivity contribution >= 4 is 38.9 Å². The minimum absolute atomic E-state index is 0.0373. The third-order valence-electron chi connectivity index (χ3n) is 5.48. The van der Waals surface area contributed by atoms with Gasteiger partial charge < -0.3 is 19.9 Å². The molecular weight excluding hydrogens is 526 g/mol. The maximum absolute atomic E-state index is 13.5. The second-order valence-electron chi connectivity index (χ2n) is 9.49. The zero-order chi connectivity index (χ0) is 28.8. The smallest absolute Gasteiger partial charge is 0.337 e. The van der Waals surface area contributed by atoms with E-state index in [1.807, 2.05) is 30.3 Å². The molecule has 2 N–H and O–H groups in total. The van der Waals surface area contributed by atoms with Gasteiger partial charge >= 0.3 is 18.0 Å². The van der Waals surface area contributed by atoms with Crippen LogP contribution in [0.1, 0.15) is 43.1 Å². The van der Waals surface area contributed by atoms with Crippen molar-refractivity contribution in [3.63, 3.8) is 0 Å². The molecule has 0 aliphatic heterocycles. The van der Waals surface area contributed by atoms with Crippen LogP contribution in [0.2, 0.25) is 0 Å². The first-order valence-corrected chi connectivity index (χ1v) is 13.5. The third kappa shape index (κ3) is 7.44. The Labute approximate surface area is 226 Å². The molecule has 12 heteroatoms. The highest BCUT2D eigenvalue weighted by atomic mass is 32.2. The first-order chi connectivity index (χ1) is 18.3. The Bertz CT molecular complexity index is 1480. The molecule has 1 heterocycles. The van der Waals surface area contributed by atoms with Crippen molar-refractivity contribution in [2.45, 2.75) is 44.1 Å². The second kappa shape index (κ2) is 12.1. The van der Waals surface area contributed by atoms with Crippen LogP contribution in [0.5, 0.6) is 5.75 Å². The van der Waals surface area contributed by atoms with Gasteiger partial charge in [0.1, 0.15) is 16.2 Å². The first kappa shape index (κ1) is 29.4. The van der Waals surface area contributed by atoms with Crippen LogP contribution >= 0.6 is 0 Å². The van der Waals surface area contributed by atoms with E-state index in [1.54, 1.807) is 27.0 Å². The van der Waals surface area contributed by atoms with Gasteiger partial charge in [0, 0.05) is 24.5 Å². The summed E-state index contributed by atoms with van der Waals surface area (Å²) in [5.74, 6) is -1.59. The Morgan fingerprint density at radius 3 is 2.46 bits per heavy atom. The quantitative estimate of drug-likeness (QED) is 0.369. The number of methoxy groups -OCH3 is 1. The fraction of sp³-hybridized carbons (Fsp3) is 0.333. The fourth-order valence-electron chi connectivity index (χ4n) is 3.79. The van der Waals surface area contributed by atoms with Crippen molar-refractivity contribution in [1.82, 2.24) is 9.29 Å². The SMILES string of the molecule is COC(=O)c1ccc(S(=O)(=O)N(CCC(=O)OC(C)(C)C)C(N)=O)c(OCCc2cccc3ncccc23)c1. The molecule has 0 saturated carbocycles. The van der Waals surface area contributed by atoms with Gasteiger partial charge in [-0.3, -0.25) is 9.78 Å². The predicted molar refractivity (Wildman–Crippen MR) is 143 cm³/mol. The Balaban J connectivity index is 1.90. The van der Waals surface area contributed by atoms with Crippen LogP contribution in [0.4, 0.5) is 4.79 Å². The van der Waals surface area contributed by atoms with Gasteiger partial charge in [0.25, 0.3) is 10.0 Å². The number of amides is 2. The normalized spacial score (nSPS) is 11.6. The Morgan fingerprint density at radius 1 is 1.05 bits per heavy atom. The molecule has 0 aliphatic carbocycles. The molecule has 0 atom stereocenters. The Hall–Kier alpha value is -4.19. The van der Waals surface area contributed by atoms with Crippen LogP contribution in [0.15, 0.2) is 59.6 Å². The van der Waals surface area contributed by atoms with E-state index in [9.17, 15) is 22.8 Å². The maximum atomic E-state index is 13.5. The average Bonchev–Trinajstić information content (AvgIpc) is 2.87. The molecule has 3 rings (SSSR count). The first-order valence-electron chi connectivity index (χ1n) is 12.1. The Kier molecular flexibility index (Phi) is 9.12. The number of rotatable bonds is 10. The minimum atomic E-state index is -4.59. The molecule has 1 aromatic heterocycles. The number of pyridine rings is 1. The third-order valence-corrected chi connectivity index (χ3v) is 7.32. The molecule has 11 nitrogen and oxygen atoms in total. The van der Waals surface area contributed by atoms with Gasteiger partial charge in [-0.05, 0) is 56.7 Å². The van der Waals surface area contributed by atoms with Crippen LogP contribution in [0.25, 0.3) is 10.9 Å². The number of hydrogen-bond donors (Lipinski definition) is 1. The lowest BCUT2D eigenvalue weighted by Gasteiger charge is -2.23. The zero-order valence-electron chi connectivity index (χ0n) is 22.2. The van der Waals surface area contributed by atoms with E-state index in [-0.39, 0.29) is 17.9 Å². The number of primary amides is 1. The topological polar surface area (TPSA) is 155 Å². The number of carbonyl (C=O) groups is 3. The molecule has 0 bridgehead atoms. The summed E-state index contributed by atoms with van der Waals surface area (Å²) in [6, 6.07) is 11.7. The lowest BCUT2D eigenvalue weighted by atomic mass is 10.1. The molecule has 3 aromatic rings. The summed E-state index contributed by atoms with van der Waals surface area (Å²) in [6.07, 6.45) is 1.67. The van der Waals surface area contributed by atoms with Gasteiger partial charge in [-0.15, -0.1) is 0 Å². The number of nitrogens with two attached hydrogens (primary N) is 1. The van der Waals surface area contributed by atoms with Crippen LogP contribution in [0, 0.1) is 0 Å². The number of urea groups is 1. The van der Waals surface area contributed by atoms with E-state index in [1.165, 1.54) is 19.2 Å². The molecule has 0 fully saturated rings. The van der Waals surface area contributed by atoms with Crippen molar-refractivity contribution in [3.05, 3.63) is 65.9 Å². The summed E-state index contributed by atoms with van der Waals surface area (Å²) in [5.41, 5.74) is 6.36. The molecule has 2 aromatic carbocycles. The van der Waals surface area contributed by atoms with Crippen LogP contribution in [-0.4, -0.2) is 61.5 Å².